The van der Waals surface area contributed by atoms with E-state index in [1.165, 1.54) is 24.8 Å². The number of H-pyrrole nitrogens is 1. The third-order valence-corrected chi connectivity index (χ3v) is 4.82. The summed E-state index contributed by atoms with van der Waals surface area (Å²) < 4.78 is 0. The second-order valence-electron chi connectivity index (χ2n) is 6.77. The highest BCUT2D eigenvalue weighted by Gasteiger charge is 2.15. The summed E-state index contributed by atoms with van der Waals surface area (Å²) in [7, 11) is 0. The molecule has 6 heteroatoms. The molecular weight excluding hydrogens is 320 g/mol. The van der Waals surface area contributed by atoms with Gasteiger partial charge in [-0.05, 0) is 48.7 Å². The molecule has 1 aliphatic rings. The Balaban J connectivity index is 1.79. The van der Waals surface area contributed by atoms with Gasteiger partial charge in [0.2, 0.25) is 11.0 Å². The van der Waals surface area contributed by atoms with E-state index in [2.05, 4.69) is 40.4 Å². The quantitative estimate of drug-likeness (QED) is 0.523. The highest BCUT2D eigenvalue weighted by atomic mass is 32.1. The topological polar surface area (TPSA) is 72.8 Å². The average Bonchev–Trinajstić information content (AvgIpc) is 2.88. The number of thiocarbonyl (C=S) groups is 1. The summed E-state index contributed by atoms with van der Waals surface area (Å²) in [5, 5.41) is 22.9. The Bertz CT molecular complexity index is 760. The molecule has 3 N–H and O–H groups in total. The zero-order chi connectivity index (χ0) is 17.1. The normalized spacial score (nSPS) is 16.3. The lowest BCUT2D eigenvalue weighted by atomic mass is 9.96. The van der Waals surface area contributed by atoms with E-state index < -0.39 is 0 Å². The smallest absolute Gasteiger partial charge is 0.218 e. The second-order valence-corrected chi connectivity index (χ2v) is 7.15. The van der Waals surface area contributed by atoms with Crippen LogP contribution in [0.1, 0.15) is 57.4 Å². The van der Waals surface area contributed by atoms with E-state index in [0.717, 1.165) is 23.7 Å². The van der Waals surface area contributed by atoms with E-state index in [9.17, 15) is 5.11 Å². The van der Waals surface area contributed by atoms with Crippen LogP contribution in [0.25, 0.3) is 10.9 Å². The van der Waals surface area contributed by atoms with Crippen molar-refractivity contribution >= 4 is 33.9 Å². The monoisotopic (exact) mass is 344 g/mol. The molecule has 0 aliphatic heterocycles. The number of aromatic amines is 1. The third-order valence-electron chi connectivity index (χ3n) is 4.62. The molecule has 1 aliphatic carbocycles. The number of nitrogens with one attached hydrogen (secondary N) is 2. The fourth-order valence-electron chi connectivity index (χ4n) is 3.19. The van der Waals surface area contributed by atoms with E-state index in [1.54, 1.807) is 0 Å². The van der Waals surface area contributed by atoms with Gasteiger partial charge in [0.1, 0.15) is 0 Å². The standard InChI is InChI=1S/C18H24N4OS/c1-11(2)12-8-9-15-14(10-12)16(17(23)20-15)21-22-18(24)19-13-6-4-3-5-7-13/h8-11,13,20,23H,3-7H2,1-2H3,(H,19,24). The maximum absolute atomic E-state index is 10.1. The van der Waals surface area contributed by atoms with Crippen molar-refractivity contribution in [2.75, 3.05) is 0 Å². The van der Waals surface area contributed by atoms with Gasteiger partial charge in [0.25, 0.3) is 0 Å². The van der Waals surface area contributed by atoms with Crippen molar-refractivity contribution in [3.8, 4) is 5.88 Å². The van der Waals surface area contributed by atoms with Gasteiger partial charge < -0.3 is 15.4 Å². The number of hydrogen-bond donors (Lipinski definition) is 3. The predicted molar refractivity (Wildman–Crippen MR) is 101 cm³/mol. The molecule has 1 saturated carbocycles. The Morgan fingerprint density at radius 3 is 2.75 bits per heavy atom. The maximum Gasteiger partial charge on any atom is 0.218 e. The van der Waals surface area contributed by atoms with Gasteiger partial charge in [-0.1, -0.05) is 39.2 Å². The van der Waals surface area contributed by atoms with E-state index in [4.69, 9.17) is 12.2 Å². The Morgan fingerprint density at radius 1 is 1.29 bits per heavy atom. The molecule has 1 heterocycles. The first-order valence-corrected chi connectivity index (χ1v) is 9.02. The predicted octanol–water partition coefficient (Wildman–Crippen LogP) is 5.29. The zero-order valence-corrected chi connectivity index (χ0v) is 15.0. The van der Waals surface area contributed by atoms with Crippen LogP contribution in [0, 0.1) is 0 Å². The van der Waals surface area contributed by atoms with Crippen LogP contribution < -0.4 is 5.32 Å². The van der Waals surface area contributed by atoms with Crippen molar-refractivity contribution in [3.63, 3.8) is 0 Å². The van der Waals surface area contributed by atoms with Crippen LogP contribution in [-0.4, -0.2) is 21.2 Å². The summed E-state index contributed by atoms with van der Waals surface area (Å²) in [5.74, 6) is 0.431. The van der Waals surface area contributed by atoms with Crippen molar-refractivity contribution in [2.24, 2.45) is 10.2 Å². The molecule has 0 radical (unpaired) electrons. The lowest BCUT2D eigenvalue weighted by Gasteiger charge is -2.22. The number of hydrogen-bond acceptors (Lipinski definition) is 3. The minimum atomic E-state index is 0.0233. The highest BCUT2D eigenvalue weighted by Crippen LogP contribution is 2.37. The number of benzene rings is 1. The maximum atomic E-state index is 10.1. The summed E-state index contributed by atoms with van der Waals surface area (Å²) in [6, 6.07) is 6.46. The van der Waals surface area contributed by atoms with Crippen molar-refractivity contribution in [1.29, 1.82) is 0 Å². The van der Waals surface area contributed by atoms with Crippen molar-refractivity contribution in [2.45, 2.75) is 57.9 Å². The molecule has 0 bridgehead atoms. The molecule has 3 rings (SSSR count). The number of aromatic nitrogens is 1. The minimum absolute atomic E-state index is 0.0233. The molecule has 1 fully saturated rings. The summed E-state index contributed by atoms with van der Waals surface area (Å²) >= 11 is 5.28. The first-order chi connectivity index (χ1) is 11.5. The molecule has 24 heavy (non-hydrogen) atoms. The molecule has 0 atom stereocenters. The summed E-state index contributed by atoms with van der Waals surface area (Å²) in [4.78, 5) is 2.94. The Kier molecular flexibility index (Phi) is 5.14. The van der Waals surface area contributed by atoms with Crippen LogP contribution in [0.5, 0.6) is 5.88 Å². The van der Waals surface area contributed by atoms with Crippen molar-refractivity contribution in [1.82, 2.24) is 10.3 Å². The second kappa shape index (κ2) is 7.30. The van der Waals surface area contributed by atoms with Gasteiger partial charge in [0.05, 0.1) is 5.52 Å². The van der Waals surface area contributed by atoms with Crippen LogP contribution in [-0.2, 0) is 0 Å². The van der Waals surface area contributed by atoms with Gasteiger partial charge in [-0.3, -0.25) is 0 Å². The molecule has 1 aromatic heterocycles. The van der Waals surface area contributed by atoms with E-state index in [-0.39, 0.29) is 5.88 Å². The van der Waals surface area contributed by atoms with Gasteiger partial charge in [-0.25, -0.2) is 0 Å². The van der Waals surface area contributed by atoms with Crippen LogP contribution in [0.4, 0.5) is 5.69 Å². The fourth-order valence-corrected chi connectivity index (χ4v) is 3.39. The number of azo groups is 1. The summed E-state index contributed by atoms with van der Waals surface area (Å²) in [5.41, 5.74) is 2.48. The Hall–Kier alpha value is -1.95. The first-order valence-electron chi connectivity index (χ1n) is 8.61. The van der Waals surface area contributed by atoms with E-state index in [1.807, 2.05) is 12.1 Å². The number of aromatic hydroxyl groups is 1. The molecule has 0 spiro atoms. The first kappa shape index (κ1) is 16.9. The Labute approximate surface area is 147 Å². The molecule has 0 amide bonds. The van der Waals surface area contributed by atoms with Crippen molar-refractivity contribution in [3.05, 3.63) is 23.8 Å². The highest BCUT2D eigenvalue weighted by molar-refractivity contribution is 7.80. The SMILES string of the molecule is CC(C)c1ccc2[nH]c(O)c(N=NC(=S)NC3CCCCC3)c2c1. The Morgan fingerprint density at radius 2 is 2.04 bits per heavy atom. The van der Waals surface area contributed by atoms with Gasteiger partial charge in [0, 0.05) is 11.4 Å². The summed E-state index contributed by atoms with van der Waals surface area (Å²) in [6.07, 6.45) is 6.03. The fraction of sp³-hybridized carbons (Fsp3) is 0.500. The number of rotatable bonds is 3. The van der Waals surface area contributed by atoms with E-state index in [0.29, 0.717) is 22.8 Å². The van der Waals surface area contributed by atoms with Gasteiger partial charge in [-0.15, -0.1) is 10.2 Å². The average molecular weight is 344 g/mol. The number of nitrogens with zero attached hydrogens (tertiary/aromatic N) is 2. The van der Waals surface area contributed by atoms with Gasteiger partial charge >= 0.3 is 0 Å². The van der Waals surface area contributed by atoms with Crippen LogP contribution in [0.2, 0.25) is 0 Å². The largest absolute Gasteiger partial charge is 0.493 e. The van der Waals surface area contributed by atoms with Gasteiger partial charge in [-0.2, -0.15) is 0 Å². The molecule has 5 nitrogen and oxygen atoms in total. The number of fused-ring (bicyclic) bond motifs is 1. The van der Waals surface area contributed by atoms with Crippen LogP contribution >= 0.6 is 12.2 Å². The van der Waals surface area contributed by atoms with Crippen LogP contribution in [0.15, 0.2) is 28.4 Å². The molecular formula is C18H24N4OS. The summed E-state index contributed by atoms with van der Waals surface area (Å²) in [6.45, 7) is 4.27. The molecule has 0 unspecified atom stereocenters. The third kappa shape index (κ3) is 3.75. The molecule has 1 aromatic carbocycles. The minimum Gasteiger partial charge on any atom is -0.493 e. The molecule has 128 valence electrons. The van der Waals surface area contributed by atoms with Crippen molar-refractivity contribution < 1.29 is 5.11 Å². The lowest BCUT2D eigenvalue weighted by molar-refractivity contribution is 0.414. The zero-order valence-electron chi connectivity index (χ0n) is 14.2. The lowest BCUT2D eigenvalue weighted by Crippen LogP contribution is -2.33. The molecule has 0 saturated heterocycles. The van der Waals surface area contributed by atoms with Gasteiger partial charge in [0.15, 0.2) is 5.69 Å². The molecule has 2 aromatic rings. The van der Waals surface area contributed by atoms with Crippen LogP contribution in [0.3, 0.4) is 0 Å². The van der Waals surface area contributed by atoms with E-state index >= 15 is 0 Å².